The quantitative estimate of drug-likeness (QED) is 0.223. The van der Waals surface area contributed by atoms with Crippen molar-refractivity contribution >= 4 is 17.8 Å². The molecule has 212 valence electrons. The minimum atomic E-state index is -0.221. The van der Waals surface area contributed by atoms with Crippen LogP contribution in [0.5, 0.6) is 5.75 Å². The Labute approximate surface area is 243 Å². The van der Waals surface area contributed by atoms with Gasteiger partial charge in [0.1, 0.15) is 5.75 Å². The Kier molecular flexibility index (Phi) is 8.55. The van der Waals surface area contributed by atoms with Gasteiger partial charge in [0.05, 0.1) is 19.0 Å². The lowest BCUT2D eigenvalue weighted by molar-refractivity contribution is 0.0955. The van der Waals surface area contributed by atoms with Crippen LogP contribution in [0.1, 0.15) is 44.0 Å². The van der Waals surface area contributed by atoms with Gasteiger partial charge in [-0.1, -0.05) is 30.3 Å². The van der Waals surface area contributed by atoms with E-state index < -0.39 is 0 Å². The molecule has 1 fully saturated rings. The number of hydrazone groups is 1. The fraction of sp³-hybridized carbons (Fsp3) is 0.294. The third kappa shape index (κ3) is 6.36. The highest BCUT2D eigenvalue weighted by Gasteiger charge is 2.19. The summed E-state index contributed by atoms with van der Waals surface area (Å²) in [6, 6.07) is 24.6. The van der Waals surface area contributed by atoms with Crippen molar-refractivity contribution in [1.82, 2.24) is 14.9 Å². The lowest BCUT2D eigenvalue weighted by Gasteiger charge is -2.36. The zero-order chi connectivity index (χ0) is 28.9. The minimum absolute atomic E-state index is 0.221. The average molecular weight is 550 g/mol. The van der Waals surface area contributed by atoms with E-state index in [4.69, 9.17) is 4.74 Å². The number of nitrogens with zero attached hydrogens (tertiary/aromatic N) is 4. The van der Waals surface area contributed by atoms with E-state index in [0.29, 0.717) is 5.56 Å². The van der Waals surface area contributed by atoms with Gasteiger partial charge in [0, 0.05) is 60.9 Å². The summed E-state index contributed by atoms with van der Waals surface area (Å²) in [5, 5.41) is 4.26. The van der Waals surface area contributed by atoms with Crippen molar-refractivity contribution in [2.45, 2.75) is 34.2 Å². The normalized spacial score (nSPS) is 14.0. The number of aromatic nitrogens is 1. The summed E-state index contributed by atoms with van der Waals surface area (Å²) < 4.78 is 7.75. The molecular formula is C34H39N5O2. The van der Waals surface area contributed by atoms with Crippen LogP contribution in [0.4, 0.5) is 5.69 Å². The van der Waals surface area contributed by atoms with Gasteiger partial charge in [-0.15, -0.1) is 0 Å². The third-order valence-corrected chi connectivity index (χ3v) is 8.01. The summed E-state index contributed by atoms with van der Waals surface area (Å²) >= 11 is 0. The third-order valence-electron chi connectivity index (χ3n) is 8.01. The van der Waals surface area contributed by atoms with Gasteiger partial charge in [0.2, 0.25) is 0 Å². The van der Waals surface area contributed by atoms with Crippen molar-refractivity contribution in [3.8, 4) is 11.4 Å². The molecule has 1 saturated heterocycles. The second-order valence-electron chi connectivity index (χ2n) is 10.8. The van der Waals surface area contributed by atoms with Crippen molar-refractivity contribution in [3.63, 3.8) is 0 Å². The largest absolute Gasteiger partial charge is 0.495 e. The minimum Gasteiger partial charge on any atom is -0.495 e. The van der Waals surface area contributed by atoms with Gasteiger partial charge in [-0.2, -0.15) is 5.10 Å². The highest BCUT2D eigenvalue weighted by molar-refractivity contribution is 5.95. The number of ether oxygens (including phenoxy) is 1. The molecule has 4 aromatic rings. The first-order valence-electron chi connectivity index (χ1n) is 14.1. The van der Waals surface area contributed by atoms with Gasteiger partial charge in [0.25, 0.3) is 5.91 Å². The molecule has 0 aliphatic carbocycles. The Bertz CT molecular complexity index is 1550. The predicted molar refractivity (Wildman–Crippen MR) is 167 cm³/mol. The molecule has 41 heavy (non-hydrogen) atoms. The number of nitrogens with one attached hydrogen (secondary N) is 1. The molecule has 3 aromatic carbocycles. The maximum Gasteiger partial charge on any atom is 0.271 e. The van der Waals surface area contributed by atoms with E-state index in [1.807, 2.05) is 36.4 Å². The highest BCUT2D eigenvalue weighted by Crippen LogP contribution is 2.28. The topological polar surface area (TPSA) is 62.1 Å². The van der Waals surface area contributed by atoms with E-state index in [1.54, 1.807) is 13.3 Å². The summed E-state index contributed by atoms with van der Waals surface area (Å²) in [6.07, 6.45) is 1.72. The fourth-order valence-electron chi connectivity index (χ4n) is 5.46. The van der Waals surface area contributed by atoms with E-state index in [2.05, 4.69) is 89.0 Å². The molecule has 1 aliphatic heterocycles. The Morgan fingerprint density at radius 1 is 0.902 bits per heavy atom. The number of rotatable bonds is 8. The molecule has 5 rings (SSSR count). The lowest BCUT2D eigenvalue weighted by atomic mass is 10.1. The van der Waals surface area contributed by atoms with E-state index in [9.17, 15) is 4.79 Å². The van der Waals surface area contributed by atoms with Crippen LogP contribution >= 0.6 is 0 Å². The van der Waals surface area contributed by atoms with E-state index in [-0.39, 0.29) is 5.91 Å². The van der Waals surface area contributed by atoms with Crippen LogP contribution in [-0.4, -0.2) is 54.9 Å². The smallest absolute Gasteiger partial charge is 0.271 e. The molecule has 1 amide bonds. The molecule has 0 radical (unpaired) electrons. The Morgan fingerprint density at radius 2 is 1.63 bits per heavy atom. The molecule has 2 heterocycles. The van der Waals surface area contributed by atoms with Crippen molar-refractivity contribution in [1.29, 1.82) is 0 Å². The van der Waals surface area contributed by atoms with Crippen LogP contribution < -0.4 is 15.1 Å². The van der Waals surface area contributed by atoms with Gasteiger partial charge in [-0.25, -0.2) is 5.43 Å². The number of amides is 1. The van der Waals surface area contributed by atoms with Gasteiger partial charge < -0.3 is 14.2 Å². The summed E-state index contributed by atoms with van der Waals surface area (Å²) in [5.41, 5.74) is 12.5. The molecule has 1 aliphatic rings. The monoisotopic (exact) mass is 549 g/mol. The first-order chi connectivity index (χ1) is 19.8. The molecule has 7 nitrogen and oxygen atoms in total. The maximum absolute atomic E-state index is 12.8. The zero-order valence-corrected chi connectivity index (χ0v) is 24.6. The lowest BCUT2D eigenvalue weighted by Crippen LogP contribution is -2.46. The summed E-state index contributed by atoms with van der Waals surface area (Å²) in [5.74, 6) is 0.696. The predicted octanol–water partition coefficient (Wildman–Crippen LogP) is 5.81. The van der Waals surface area contributed by atoms with Crippen LogP contribution in [0.3, 0.4) is 0 Å². The van der Waals surface area contributed by atoms with Crippen molar-refractivity contribution < 1.29 is 9.53 Å². The standard InChI is InChI=1S/C34H39N5O2/c1-24-10-15-31(20-25(24)2)39-26(3)21-30(27(39)4)22-35-36-34(40)29-13-11-28(12-14-29)23-37-16-18-38(19-17-37)32-8-6-7-9-33(32)41-5/h6-15,20-22H,16-19,23H2,1-5H3,(H,36,40)/b35-22-. The van der Waals surface area contributed by atoms with Gasteiger partial charge in [0.15, 0.2) is 0 Å². The second kappa shape index (κ2) is 12.4. The number of hydrogen-bond acceptors (Lipinski definition) is 5. The Morgan fingerprint density at radius 3 is 2.34 bits per heavy atom. The molecule has 0 unspecified atom stereocenters. The van der Waals surface area contributed by atoms with Crippen molar-refractivity contribution in [2.75, 3.05) is 38.2 Å². The first-order valence-corrected chi connectivity index (χ1v) is 14.1. The highest BCUT2D eigenvalue weighted by atomic mass is 16.5. The van der Waals surface area contributed by atoms with Gasteiger partial charge in [-0.05, 0) is 86.8 Å². The SMILES string of the molecule is COc1ccccc1N1CCN(Cc2ccc(C(=O)N/N=C\c3cc(C)n(-c4ccc(C)c(C)c4)c3C)cc2)CC1. The van der Waals surface area contributed by atoms with Crippen LogP contribution in [0.15, 0.2) is 77.9 Å². The number of anilines is 1. The number of carbonyl (C=O) groups excluding carboxylic acids is 1. The molecule has 0 bridgehead atoms. The zero-order valence-electron chi connectivity index (χ0n) is 24.6. The van der Waals surface area contributed by atoms with Crippen LogP contribution in [0.2, 0.25) is 0 Å². The van der Waals surface area contributed by atoms with E-state index in [0.717, 1.165) is 66.8 Å². The van der Waals surface area contributed by atoms with Gasteiger partial charge in [-0.3, -0.25) is 9.69 Å². The Balaban J connectivity index is 1.15. The fourth-order valence-corrected chi connectivity index (χ4v) is 5.46. The van der Waals surface area contributed by atoms with Gasteiger partial charge >= 0.3 is 0 Å². The van der Waals surface area contributed by atoms with Crippen molar-refractivity contribution in [3.05, 3.63) is 112 Å². The maximum atomic E-state index is 12.8. The molecule has 1 N–H and O–H groups in total. The molecule has 0 atom stereocenters. The van der Waals surface area contributed by atoms with Crippen molar-refractivity contribution in [2.24, 2.45) is 5.10 Å². The molecule has 0 saturated carbocycles. The number of para-hydroxylation sites is 2. The number of aryl methyl sites for hydroxylation is 3. The van der Waals surface area contributed by atoms with Crippen LogP contribution in [0, 0.1) is 27.7 Å². The summed E-state index contributed by atoms with van der Waals surface area (Å²) in [4.78, 5) is 17.6. The van der Waals surface area contributed by atoms with E-state index in [1.165, 1.54) is 16.7 Å². The number of benzene rings is 3. The second-order valence-corrected chi connectivity index (χ2v) is 10.8. The molecule has 7 heteroatoms. The molecule has 0 spiro atoms. The number of methoxy groups -OCH3 is 1. The molecular weight excluding hydrogens is 510 g/mol. The average Bonchev–Trinajstić information content (AvgIpc) is 3.27. The number of piperazine rings is 1. The van der Waals surface area contributed by atoms with Crippen LogP contribution in [-0.2, 0) is 6.54 Å². The summed E-state index contributed by atoms with van der Waals surface area (Å²) in [6.45, 7) is 13.1. The summed E-state index contributed by atoms with van der Waals surface area (Å²) in [7, 11) is 1.72. The number of hydrogen-bond donors (Lipinski definition) is 1. The molecule has 1 aromatic heterocycles. The van der Waals surface area contributed by atoms with E-state index >= 15 is 0 Å². The van der Waals surface area contributed by atoms with Crippen LogP contribution in [0.25, 0.3) is 5.69 Å². The number of carbonyl (C=O) groups is 1. The first kappa shape index (κ1) is 28.2. The Hall–Kier alpha value is -4.36.